The van der Waals surface area contributed by atoms with Crippen LogP contribution in [-0.4, -0.2) is 16.3 Å². The molecule has 2 nitrogen and oxygen atoms in total. The number of aryl methyl sites for hydroxylation is 4. The van der Waals surface area contributed by atoms with E-state index in [-0.39, 0.29) is 6.61 Å². The van der Waals surface area contributed by atoms with E-state index in [1.54, 1.807) is 0 Å². The van der Waals surface area contributed by atoms with Gasteiger partial charge in [0.15, 0.2) is 0 Å². The Morgan fingerprint density at radius 2 is 2.00 bits per heavy atom. The van der Waals surface area contributed by atoms with Gasteiger partial charge in [-0.2, -0.15) is 0 Å². The lowest BCUT2D eigenvalue weighted by atomic mass is 10.0. The van der Waals surface area contributed by atoms with Crippen molar-refractivity contribution in [2.75, 3.05) is 6.61 Å². The molecule has 0 bridgehead atoms. The average molecular weight is 245 g/mol. The third kappa shape index (κ3) is 2.44. The molecule has 0 spiro atoms. The molecular weight excluding hydrogens is 222 g/mol. The summed E-state index contributed by atoms with van der Waals surface area (Å²) in [6.45, 7) is 7.72. The number of benzene rings is 1. The topological polar surface area (TPSA) is 25.2 Å². The lowest BCUT2D eigenvalue weighted by molar-refractivity contribution is 0.280. The first kappa shape index (κ1) is 13.2. The second kappa shape index (κ2) is 5.57. The Kier molecular flexibility index (Phi) is 4.07. The van der Waals surface area contributed by atoms with Crippen molar-refractivity contribution in [3.8, 4) is 0 Å². The maximum Gasteiger partial charge on any atom is 0.0513 e. The molecule has 0 saturated heterocycles. The van der Waals surface area contributed by atoms with Crippen LogP contribution in [0.15, 0.2) is 18.3 Å². The smallest absolute Gasteiger partial charge is 0.0513 e. The number of aliphatic hydroxyl groups excluding tert-OH is 1. The Hall–Kier alpha value is -1.28. The number of rotatable bonds is 5. The van der Waals surface area contributed by atoms with E-state index >= 15 is 0 Å². The first-order valence-electron chi connectivity index (χ1n) is 6.87. The molecule has 0 saturated carbocycles. The van der Waals surface area contributed by atoms with Gasteiger partial charge in [0.25, 0.3) is 0 Å². The number of aromatic nitrogens is 1. The van der Waals surface area contributed by atoms with Gasteiger partial charge < -0.3 is 9.67 Å². The second-order valence-corrected chi connectivity index (χ2v) is 5.15. The Balaban J connectivity index is 2.56. The maximum atomic E-state index is 9.01. The number of fused-ring (bicyclic) bond motifs is 1. The summed E-state index contributed by atoms with van der Waals surface area (Å²) in [6.07, 6.45) is 5.40. The summed E-state index contributed by atoms with van der Waals surface area (Å²) in [7, 11) is 0. The van der Waals surface area contributed by atoms with E-state index < -0.39 is 0 Å². The summed E-state index contributed by atoms with van der Waals surface area (Å²) >= 11 is 0. The molecule has 18 heavy (non-hydrogen) atoms. The molecule has 0 unspecified atom stereocenters. The number of aliphatic hydroxyl groups is 1. The normalized spacial score (nSPS) is 11.3. The maximum absolute atomic E-state index is 9.01. The molecule has 1 heterocycles. The van der Waals surface area contributed by atoms with Crippen LogP contribution in [0.5, 0.6) is 0 Å². The van der Waals surface area contributed by atoms with Crippen molar-refractivity contribution in [1.82, 2.24) is 4.57 Å². The SMILES string of the molecule is CCCc1cn(CCCO)c2c(C)cc(C)cc12. The zero-order valence-corrected chi connectivity index (χ0v) is 11.7. The van der Waals surface area contributed by atoms with Crippen molar-refractivity contribution in [2.45, 2.75) is 46.6 Å². The molecule has 98 valence electrons. The zero-order valence-electron chi connectivity index (χ0n) is 11.7. The quantitative estimate of drug-likeness (QED) is 0.855. The van der Waals surface area contributed by atoms with Gasteiger partial charge in [0, 0.05) is 24.7 Å². The van der Waals surface area contributed by atoms with E-state index in [0.29, 0.717) is 0 Å². The van der Waals surface area contributed by atoms with Gasteiger partial charge in [-0.15, -0.1) is 0 Å². The predicted molar refractivity (Wildman–Crippen MR) is 77.1 cm³/mol. The molecule has 1 N–H and O–H groups in total. The Morgan fingerprint density at radius 1 is 1.22 bits per heavy atom. The summed E-state index contributed by atoms with van der Waals surface area (Å²) in [5.74, 6) is 0. The van der Waals surface area contributed by atoms with Crippen LogP contribution < -0.4 is 0 Å². The number of nitrogens with zero attached hydrogens (tertiary/aromatic N) is 1. The minimum Gasteiger partial charge on any atom is -0.396 e. The molecule has 0 amide bonds. The third-order valence-electron chi connectivity index (χ3n) is 3.47. The van der Waals surface area contributed by atoms with Crippen LogP contribution in [0, 0.1) is 13.8 Å². The highest BCUT2D eigenvalue weighted by atomic mass is 16.3. The van der Waals surface area contributed by atoms with Gasteiger partial charge in [0.1, 0.15) is 0 Å². The van der Waals surface area contributed by atoms with Crippen LogP contribution in [0.25, 0.3) is 10.9 Å². The number of hydrogen-bond donors (Lipinski definition) is 1. The van der Waals surface area contributed by atoms with Crippen LogP contribution in [-0.2, 0) is 13.0 Å². The molecule has 0 fully saturated rings. The first-order chi connectivity index (χ1) is 8.67. The fourth-order valence-electron chi connectivity index (χ4n) is 2.79. The Morgan fingerprint density at radius 3 is 2.67 bits per heavy atom. The summed E-state index contributed by atoms with van der Waals surface area (Å²) in [5.41, 5.74) is 5.46. The molecule has 0 radical (unpaired) electrons. The lowest BCUT2D eigenvalue weighted by Crippen LogP contribution is -1.99. The van der Waals surface area contributed by atoms with Crippen LogP contribution in [0.3, 0.4) is 0 Å². The van der Waals surface area contributed by atoms with E-state index in [0.717, 1.165) is 19.4 Å². The van der Waals surface area contributed by atoms with Crippen LogP contribution >= 0.6 is 0 Å². The van der Waals surface area contributed by atoms with Crippen LogP contribution in [0.2, 0.25) is 0 Å². The highest BCUT2D eigenvalue weighted by Gasteiger charge is 2.10. The zero-order chi connectivity index (χ0) is 13.1. The average Bonchev–Trinajstić information content (AvgIpc) is 2.65. The molecular formula is C16H23NO. The molecule has 0 aliphatic rings. The monoisotopic (exact) mass is 245 g/mol. The van der Waals surface area contributed by atoms with Crippen molar-refractivity contribution < 1.29 is 5.11 Å². The van der Waals surface area contributed by atoms with Gasteiger partial charge in [-0.25, -0.2) is 0 Å². The lowest BCUT2D eigenvalue weighted by Gasteiger charge is -2.07. The van der Waals surface area contributed by atoms with E-state index in [9.17, 15) is 0 Å². The highest BCUT2D eigenvalue weighted by molar-refractivity contribution is 5.87. The second-order valence-electron chi connectivity index (χ2n) is 5.15. The van der Waals surface area contributed by atoms with Crippen LogP contribution in [0.1, 0.15) is 36.5 Å². The summed E-state index contributed by atoms with van der Waals surface area (Å²) in [5, 5.41) is 10.4. The largest absolute Gasteiger partial charge is 0.396 e. The van der Waals surface area contributed by atoms with Crippen molar-refractivity contribution in [3.05, 3.63) is 35.0 Å². The van der Waals surface area contributed by atoms with Gasteiger partial charge in [-0.3, -0.25) is 0 Å². The fourth-order valence-corrected chi connectivity index (χ4v) is 2.79. The summed E-state index contributed by atoms with van der Waals surface area (Å²) in [6, 6.07) is 4.54. The minimum absolute atomic E-state index is 0.258. The molecule has 0 aliphatic carbocycles. The van der Waals surface area contributed by atoms with E-state index in [2.05, 4.69) is 43.7 Å². The molecule has 2 heteroatoms. The van der Waals surface area contributed by atoms with Gasteiger partial charge in [-0.1, -0.05) is 25.0 Å². The molecule has 1 aromatic carbocycles. The van der Waals surface area contributed by atoms with Crippen molar-refractivity contribution in [3.63, 3.8) is 0 Å². The Labute approximate surface area is 109 Å². The minimum atomic E-state index is 0.258. The van der Waals surface area contributed by atoms with E-state index in [1.807, 2.05) is 0 Å². The molecule has 2 rings (SSSR count). The molecule has 1 aromatic heterocycles. The van der Waals surface area contributed by atoms with Crippen LogP contribution in [0.4, 0.5) is 0 Å². The van der Waals surface area contributed by atoms with Gasteiger partial charge in [0.2, 0.25) is 0 Å². The standard InChI is InChI=1S/C16H23NO/c1-4-6-14-11-17(7-5-8-18)16-13(3)9-12(2)10-15(14)16/h9-11,18H,4-8H2,1-3H3. The van der Waals surface area contributed by atoms with Gasteiger partial charge in [0.05, 0.1) is 5.52 Å². The van der Waals surface area contributed by atoms with Crippen molar-refractivity contribution in [2.24, 2.45) is 0 Å². The summed E-state index contributed by atoms with van der Waals surface area (Å²) < 4.78 is 2.31. The van der Waals surface area contributed by atoms with Gasteiger partial charge >= 0.3 is 0 Å². The Bertz CT molecular complexity index is 540. The van der Waals surface area contributed by atoms with Crippen molar-refractivity contribution >= 4 is 10.9 Å². The highest BCUT2D eigenvalue weighted by Crippen LogP contribution is 2.27. The summed E-state index contributed by atoms with van der Waals surface area (Å²) in [4.78, 5) is 0. The third-order valence-corrected chi connectivity index (χ3v) is 3.47. The molecule has 0 atom stereocenters. The molecule has 2 aromatic rings. The first-order valence-corrected chi connectivity index (χ1v) is 6.87. The fraction of sp³-hybridized carbons (Fsp3) is 0.500. The van der Waals surface area contributed by atoms with Gasteiger partial charge in [-0.05, 0) is 43.9 Å². The van der Waals surface area contributed by atoms with Crippen molar-refractivity contribution in [1.29, 1.82) is 0 Å². The number of hydrogen-bond acceptors (Lipinski definition) is 1. The molecule has 0 aliphatic heterocycles. The predicted octanol–water partition coefficient (Wildman–Crippen LogP) is 3.59. The van der Waals surface area contributed by atoms with E-state index in [1.165, 1.54) is 34.0 Å². The van der Waals surface area contributed by atoms with E-state index in [4.69, 9.17) is 5.11 Å².